The van der Waals surface area contributed by atoms with Gasteiger partial charge in [0.1, 0.15) is 11.6 Å². The monoisotopic (exact) mass is 267 g/mol. The lowest BCUT2D eigenvalue weighted by atomic mass is 10.1. The van der Waals surface area contributed by atoms with Gasteiger partial charge in [-0.2, -0.15) is 10.4 Å². The average Bonchev–Trinajstić information content (AvgIpc) is 2.39. The molecule has 1 N–H and O–H groups in total. The second kappa shape index (κ2) is 5.66. The van der Waals surface area contributed by atoms with E-state index in [1.807, 2.05) is 39.8 Å². The Hall–Kier alpha value is -2.48. The number of hydrogen-bond acceptors (Lipinski definition) is 5. The highest BCUT2D eigenvalue weighted by molar-refractivity contribution is 5.55. The molecule has 0 bridgehead atoms. The van der Waals surface area contributed by atoms with Crippen molar-refractivity contribution in [1.82, 2.24) is 15.2 Å². The van der Waals surface area contributed by atoms with E-state index >= 15 is 0 Å². The van der Waals surface area contributed by atoms with Gasteiger partial charge >= 0.3 is 0 Å². The molecule has 0 aliphatic heterocycles. The smallest absolute Gasteiger partial charge is 0.167 e. The second-order valence-corrected chi connectivity index (χ2v) is 4.86. The Kier molecular flexibility index (Phi) is 3.94. The molecule has 0 fully saturated rings. The zero-order chi connectivity index (χ0) is 14.7. The lowest BCUT2D eigenvalue weighted by Crippen LogP contribution is -2.08. The van der Waals surface area contributed by atoms with Gasteiger partial charge in [0.2, 0.25) is 0 Å². The molecule has 0 atom stereocenters. The molecule has 0 radical (unpaired) electrons. The van der Waals surface area contributed by atoms with Gasteiger partial charge in [-0.25, -0.2) is 0 Å². The van der Waals surface area contributed by atoms with Crippen LogP contribution < -0.4 is 5.32 Å². The maximum Gasteiger partial charge on any atom is 0.167 e. The fourth-order valence-corrected chi connectivity index (χ4v) is 2.08. The fraction of sp³-hybridized carbons (Fsp3) is 0.333. The van der Waals surface area contributed by atoms with Gasteiger partial charge in [0.25, 0.3) is 0 Å². The van der Waals surface area contributed by atoms with Crippen LogP contribution in [-0.2, 0) is 6.54 Å². The lowest BCUT2D eigenvalue weighted by Gasteiger charge is -2.10. The molecule has 102 valence electrons. The number of aryl methyl sites for hydroxylation is 3. The number of anilines is 1. The number of nitrogens with zero attached hydrogens (tertiary/aromatic N) is 4. The molecule has 0 spiro atoms. The average molecular weight is 267 g/mol. The van der Waals surface area contributed by atoms with E-state index in [0.29, 0.717) is 17.9 Å². The first-order valence-corrected chi connectivity index (χ1v) is 6.43. The van der Waals surface area contributed by atoms with Gasteiger partial charge in [0, 0.05) is 17.9 Å². The first kappa shape index (κ1) is 13.9. The third kappa shape index (κ3) is 2.91. The van der Waals surface area contributed by atoms with E-state index in [-0.39, 0.29) is 0 Å². The van der Waals surface area contributed by atoms with Crippen molar-refractivity contribution in [3.8, 4) is 6.07 Å². The number of nitriles is 1. The maximum absolute atomic E-state index is 9.24. The predicted octanol–water partition coefficient (Wildman–Crippen LogP) is 2.59. The molecule has 5 nitrogen and oxygen atoms in total. The topological polar surface area (TPSA) is 74.5 Å². The van der Waals surface area contributed by atoms with E-state index in [9.17, 15) is 5.26 Å². The third-order valence-corrected chi connectivity index (χ3v) is 3.17. The number of pyridine rings is 1. The molecular weight excluding hydrogens is 250 g/mol. The van der Waals surface area contributed by atoms with Crippen LogP contribution in [0.25, 0.3) is 0 Å². The molecule has 0 aliphatic rings. The largest absolute Gasteiger partial charge is 0.363 e. The molecule has 0 aliphatic carbocycles. The number of nitrogens with one attached hydrogen (secondary N) is 1. The summed E-state index contributed by atoms with van der Waals surface area (Å²) in [7, 11) is 0. The summed E-state index contributed by atoms with van der Waals surface area (Å²) in [6.45, 7) is 8.26. The van der Waals surface area contributed by atoms with Crippen molar-refractivity contribution < 1.29 is 0 Å². The van der Waals surface area contributed by atoms with Gasteiger partial charge in [-0.3, -0.25) is 4.98 Å². The van der Waals surface area contributed by atoms with Crippen LogP contribution in [0.1, 0.15) is 33.8 Å². The summed E-state index contributed by atoms with van der Waals surface area (Å²) >= 11 is 0. The van der Waals surface area contributed by atoms with Crippen molar-refractivity contribution in [1.29, 1.82) is 5.26 Å². The van der Waals surface area contributed by atoms with Gasteiger partial charge in [0.05, 0.1) is 5.69 Å². The van der Waals surface area contributed by atoms with Gasteiger partial charge in [-0.05, 0) is 51.0 Å². The van der Waals surface area contributed by atoms with Gasteiger partial charge in [-0.15, -0.1) is 5.10 Å². The number of aromatic nitrogens is 3. The van der Waals surface area contributed by atoms with Gasteiger partial charge < -0.3 is 5.32 Å². The minimum absolute atomic E-state index is 0.530. The van der Waals surface area contributed by atoms with Crippen molar-refractivity contribution >= 4 is 5.82 Å². The fourth-order valence-electron chi connectivity index (χ4n) is 2.08. The van der Waals surface area contributed by atoms with Crippen LogP contribution in [0.2, 0.25) is 0 Å². The highest BCUT2D eigenvalue weighted by Gasteiger charge is 2.10. The molecule has 0 aromatic carbocycles. The molecule has 2 rings (SSSR count). The third-order valence-electron chi connectivity index (χ3n) is 3.17. The molecule has 0 saturated heterocycles. The van der Waals surface area contributed by atoms with E-state index in [1.165, 1.54) is 0 Å². The Bertz CT molecular complexity index is 665. The first-order valence-electron chi connectivity index (χ1n) is 6.43. The van der Waals surface area contributed by atoms with Crippen LogP contribution in [0.15, 0.2) is 12.1 Å². The molecule has 0 amide bonds. The Morgan fingerprint density at radius 1 is 1.10 bits per heavy atom. The van der Waals surface area contributed by atoms with Gasteiger partial charge in [0.15, 0.2) is 5.82 Å². The standard InChI is InChI=1S/C15H17N5/c1-9-5-13(6-10(2)18-9)8-17-15-14(7-16)11(3)12(4)19-20-15/h5-6H,8H2,1-4H3,(H,17,20). The lowest BCUT2D eigenvalue weighted by molar-refractivity contribution is 0.938. The molecule has 2 aromatic rings. The van der Waals surface area contributed by atoms with Crippen LogP contribution in [0.5, 0.6) is 0 Å². The number of hydrogen-bond donors (Lipinski definition) is 1. The first-order chi connectivity index (χ1) is 9.51. The molecule has 2 heterocycles. The van der Waals surface area contributed by atoms with Crippen molar-refractivity contribution in [2.45, 2.75) is 34.2 Å². The molecule has 2 aromatic heterocycles. The maximum atomic E-state index is 9.24. The quantitative estimate of drug-likeness (QED) is 0.925. The molecule has 0 unspecified atom stereocenters. The Morgan fingerprint density at radius 3 is 2.35 bits per heavy atom. The minimum Gasteiger partial charge on any atom is -0.363 e. The van der Waals surface area contributed by atoms with Crippen LogP contribution in [0.4, 0.5) is 5.82 Å². The summed E-state index contributed by atoms with van der Waals surface area (Å²) in [5, 5.41) is 20.5. The zero-order valence-electron chi connectivity index (χ0n) is 12.2. The minimum atomic E-state index is 0.530. The molecular formula is C15H17N5. The van der Waals surface area contributed by atoms with Crippen molar-refractivity contribution in [2.75, 3.05) is 5.32 Å². The van der Waals surface area contributed by atoms with Gasteiger partial charge in [-0.1, -0.05) is 0 Å². The van der Waals surface area contributed by atoms with Crippen LogP contribution in [-0.4, -0.2) is 15.2 Å². The SMILES string of the molecule is Cc1cc(CNc2nnc(C)c(C)c2C#N)cc(C)n1. The van der Waals surface area contributed by atoms with E-state index in [4.69, 9.17) is 0 Å². The molecule has 5 heteroatoms. The van der Waals surface area contributed by atoms with Crippen molar-refractivity contribution in [2.24, 2.45) is 0 Å². The molecule has 20 heavy (non-hydrogen) atoms. The van der Waals surface area contributed by atoms with E-state index in [0.717, 1.165) is 28.2 Å². The Balaban J connectivity index is 2.23. The van der Waals surface area contributed by atoms with Crippen LogP contribution in [0, 0.1) is 39.0 Å². The summed E-state index contributed by atoms with van der Waals surface area (Å²) in [6, 6.07) is 6.22. The Morgan fingerprint density at radius 2 is 1.75 bits per heavy atom. The number of rotatable bonds is 3. The van der Waals surface area contributed by atoms with Crippen molar-refractivity contribution in [3.63, 3.8) is 0 Å². The summed E-state index contributed by atoms with van der Waals surface area (Å²) in [5.74, 6) is 0.530. The summed E-state index contributed by atoms with van der Waals surface area (Å²) in [5.41, 5.74) is 5.27. The summed E-state index contributed by atoms with van der Waals surface area (Å²) in [6.07, 6.45) is 0. The predicted molar refractivity (Wildman–Crippen MR) is 77.3 cm³/mol. The van der Waals surface area contributed by atoms with E-state index < -0.39 is 0 Å². The second-order valence-electron chi connectivity index (χ2n) is 4.86. The normalized spacial score (nSPS) is 10.2. The van der Waals surface area contributed by atoms with E-state index in [1.54, 1.807) is 0 Å². The van der Waals surface area contributed by atoms with Crippen molar-refractivity contribution in [3.05, 3.63) is 45.9 Å². The van der Waals surface area contributed by atoms with Crippen LogP contribution in [0.3, 0.4) is 0 Å². The zero-order valence-corrected chi connectivity index (χ0v) is 12.2. The molecule has 0 saturated carbocycles. The summed E-state index contributed by atoms with van der Waals surface area (Å²) < 4.78 is 0. The van der Waals surface area contributed by atoms with Crippen LogP contribution >= 0.6 is 0 Å². The van der Waals surface area contributed by atoms with E-state index in [2.05, 4.69) is 26.6 Å². The summed E-state index contributed by atoms with van der Waals surface area (Å²) in [4.78, 5) is 4.34. The highest BCUT2D eigenvalue weighted by Crippen LogP contribution is 2.18. The highest BCUT2D eigenvalue weighted by atomic mass is 15.2. The Labute approximate surface area is 118 Å².